The smallest absolute Gasteiger partial charge is 0.372 e. The fraction of sp³-hybridized carbons (Fsp3) is 0.625. The first kappa shape index (κ1) is 24.3. The number of hydrogen-bond donors (Lipinski definition) is 1. The van der Waals surface area contributed by atoms with Crippen molar-refractivity contribution in [2.24, 2.45) is 5.41 Å². The van der Waals surface area contributed by atoms with Gasteiger partial charge in [-0.25, -0.2) is 0 Å². The third-order valence-electron chi connectivity index (χ3n) is 7.10. The Morgan fingerprint density at radius 1 is 1.26 bits per heavy atom. The molecule has 1 atom stereocenters. The lowest BCUT2D eigenvalue weighted by atomic mass is 9.76. The van der Waals surface area contributed by atoms with E-state index in [1.54, 1.807) is 24.0 Å². The van der Waals surface area contributed by atoms with E-state index < -0.39 is 23.3 Å². The standard InChI is InChI=1S/C24H29F3N4O3/c1-2-34-14-21(32)31-15-23(12-20(31)22(33)29-17-4-5-17)7-9-30(10-8-23)18-6-3-16(13-28)19(11-18)24(25,26)27/h3,6,11,17,20H,2,4-5,7-10,12,14-15H2,1H3,(H,29,33). The Hall–Kier alpha value is -2.80. The van der Waals surface area contributed by atoms with Gasteiger partial charge in [-0.2, -0.15) is 18.4 Å². The number of nitrogens with zero attached hydrogens (tertiary/aromatic N) is 3. The SMILES string of the molecule is CCOCC(=O)N1CC2(CCN(c3ccc(C#N)c(C(F)(F)F)c3)CC2)CC1C(=O)NC1CC1. The van der Waals surface area contributed by atoms with Gasteiger partial charge in [-0.1, -0.05) is 0 Å². The molecule has 3 fully saturated rings. The number of benzene rings is 1. The average Bonchev–Trinajstić information content (AvgIpc) is 3.55. The van der Waals surface area contributed by atoms with Crippen molar-refractivity contribution in [2.75, 3.05) is 37.7 Å². The summed E-state index contributed by atoms with van der Waals surface area (Å²) in [5.74, 6) is -0.340. The molecule has 2 amide bonds. The third-order valence-corrected chi connectivity index (χ3v) is 7.10. The first-order chi connectivity index (χ1) is 16.2. The molecule has 7 nitrogen and oxygen atoms in total. The van der Waals surface area contributed by atoms with Crippen LogP contribution in [0.3, 0.4) is 0 Å². The molecule has 1 aromatic rings. The van der Waals surface area contributed by atoms with E-state index in [4.69, 9.17) is 10.00 Å². The number of hydrogen-bond acceptors (Lipinski definition) is 5. The number of piperidine rings is 1. The van der Waals surface area contributed by atoms with Crippen LogP contribution in [0.25, 0.3) is 0 Å². The minimum absolute atomic E-state index is 0.0720. The number of ether oxygens (including phenoxy) is 1. The second-order valence-electron chi connectivity index (χ2n) is 9.49. The fourth-order valence-electron chi connectivity index (χ4n) is 5.01. The minimum atomic E-state index is -4.60. The van der Waals surface area contributed by atoms with Gasteiger partial charge in [-0.3, -0.25) is 9.59 Å². The highest BCUT2D eigenvalue weighted by molar-refractivity contribution is 5.89. The monoisotopic (exact) mass is 478 g/mol. The van der Waals surface area contributed by atoms with Crippen LogP contribution in [0.5, 0.6) is 0 Å². The lowest BCUT2D eigenvalue weighted by molar-refractivity contribution is -0.142. The zero-order chi connectivity index (χ0) is 24.5. The first-order valence-electron chi connectivity index (χ1n) is 11.7. The van der Waals surface area contributed by atoms with Crippen molar-refractivity contribution < 1.29 is 27.5 Å². The lowest BCUT2D eigenvalue weighted by Gasteiger charge is -2.40. The van der Waals surface area contributed by atoms with Gasteiger partial charge in [-0.05, 0) is 62.6 Å². The molecular weight excluding hydrogens is 449 g/mol. The molecule has 1 saturated carbocycles. The zero-order valence-corrected chi connectivity index (χ0v) is 19.2. The third kappa shape index (κ3) is 5.14. The summed E-state index contributed by atoms with van der Waals surface area (Å²) >= 11 is 0. The van der Waals surface area contributed by atoms with Gasteiger partial charge in [-0.15, -0.1) is 0 Å². The van der Waals surface area contributed by atoms with Crippen molar-refractivity contribution in [1.82, 2.24) is 10.2 Å². The highest BCUT2D eigenvalue weighted by atomic mass is 19.4. The summed E-state index contributed by atoms with van der Waals surface area (Å²) in [5, 5.41) is 12.0. The van der Waals surface area contributed by atoms with E-state index in [1.807, 2.05) is 4.90 Å². The minimum Gasteiger partial charge on any atom is -0.372 e. The predicted molar refractivity (Wildman–Crippen MR) is 118 cm³/mol. The maximum atomic E-state index is 13.4. The van der Waals surface area contributed by atoms with Crippen LogP contribution < -0.4 is 10.2 Å². The van der Waals surface area contributed by atoms with Crippen LogP contribution in [0.15, 0.2) is 18.2 Å². The summed E-state index contributed by atoms with van der Waals surface area (Å²) in [6, 6.07) is 5.05. The first-order valence-corrected chi connectivity index (χ1v) is 11.7. The summed E-state index contributed by atoms with van der Waals surface area (Å²) in [4.78, 5) is 29.2. The van der Waals surface area contributed by atoms with Crippen molar-refractivity contribution in [3.63, 3.8) is 0 Å². The maximum absolute atomic E-state index is 13.4. The Morgan fingerprint density at radius 2 is 1.97 bits per heavy atom. The molecule has 184 valence electrons. The second-order valence-corrected chi connectivity index (χ2v) is 9.49. The van der Waals surface area contributed by atoms with Gasteiger partial charge in [0.05, 0.1) is 17.2 Å². The number of anilines is 1. The molecule has 2 aliphatic heterocycles. The number of carbonyl (C=O) groups excluding carboxylic acids is 2. The van der Waals surface area contributed by atoms with Crippen LogP contribution >= 0.6 is 0 Å². The van der Waals surface area contributed by atoms with E-state index in [0.29, 0.717) is 51.2 Å². The van der Waals surface area contributed by atoms with Crippen molar-refractivity contribution in [3.8, 4) is 6.07 Å². The van der Waals surface area contributed by atoms with Crippen LogP contribution in [0.2, 0.25) is 0 Å². The summed E-state index contributed by atoms with van der Waals surface area (Å²) in [7, 11) is 0. The van der Waals surface area contributed by atoms with Crippen LogP contribution in [-0.4, -0.2) is 61.6 Å². The van der Waals surface area contributed by atoms with Crippen molar-refractivity contribution >= 4 is 17.5 Å². The molecule has 1 aromatic carbocycles. The van der Waals surface area contributed by atoms with E-state index in [-0.39, 0.29) is 29.9 Å². The summed E-state index contributed by atoms with van der Waals surface area (Å²) in [6.07, 6.45) is -0.850. The van der Waals surface area contributed by atoms with Gasteiger partial charge >= 0.3 is 6.18 Å². The summed E-state index contributed by atoms with van der Waals surface area (Å²) in [5.41, 5.74) is -1.17. The maximum Gasteiger partial charge on any atom is 0.417 e. The molecule has 1 aliphatic carbocycles. The molecule has 4 rings (SSSR count). The van der Waals surface area contributed by atoms with Crippen molar-refractivity contribution in [3.05, 3.63) is 29.3 Å². The van der Waals surface area contributed by atoms with Gasteiger partial charge in [0, 0.05) is 38.0 Å². The molecule has 10 heteroatoms. The highest BCUT2D eigenvalue weighted by Crippen LogP contribution is 2.45. The number of nitriles is 1. The number of alkyl halides is 3. The van der Waals surface area contributed by atoms with E-state index >= 15 is 0 Å². The fourth-order valence-corrected chi connectivity index (χ4v) is 5.01. The Morgan fingerprint density at radius 3 is 2.56 bits per heavy atom. The molecule has 0 bridgehead atoms. The van der Waals surface area contributed by atoms with Gasteiger partial charge in [0.2, 0.25) is 11.8 Å². The molecule has 1 N–H and O–H groups in total. The van der Waals surface area contributed by atoms with E-state index in [9.17, 15) is 22.8 Å². The molecule has 1 spiro atoms. The summed E-state index contributed by atoms with van der Waals surface area (Å²) < 4.78 is 45.5. The zero-order valence-electron chi connectivity index (χ0n) is 19.2. The second kappa shape index (κ2) is 9.45. The number of likely N-dealkylation sites (tertiary alicyclic amines) is 1. The van der Waals surface area contributed by atoms with Crippen LogP contribution in [-0.2, 0) is 20.5 Å². The number of nitrogens with one attached hydrogen (secondary N) is 1. The quantitative estimate of drug-likeness (QED) is 0.679. The Labute approximate surface area is 196 Å². The molecule has 3 aliphatic rings. The molecule has 0 radical (unpaired) electrons. The Bertz CT molecular complexity index is 979. The van der Waals surface area contributed by atoms with Gasteiger partial charge in [0.25, 0.3) is 0 Å². The Kier molecular flexibility index (Phi) is 6.76. The lowest BCUT2D eigenvalue weighted by Crippen LogP contribution is -2.47. The van der Waals surface area contributed by atoms with E-state index in [0.717, 1.165) is 18.9 Å². The van der Waals surface area contributed by atoms with E-state index in [1.165, 1.54) is 6.07 Å². The number of carbonyl (C=O) groups is 2. The van der Waals surface area contributed by atoms with Crippen molar-refractivity contribution in [2.45, 2.75) is 57.3 Å². The number of rotatable bonds is 6. The van der Waals surface area contributed by atoms with Crippen LogP contribution in [0, 0.1) is 16.7 Å². The number of amides is 2. The summed E-state index contributed by atoms with van der Waals surface area (Å²) in [6.45, 7) is 3.59. The van der Waals surface area contributed by atoms with Gasteiger partial charge < -0.3 is 19.9 Å². The molecule has 0 aromatic heterocycles. The normalized spacial score (nSPS) is 22.0. The topological polar surface area (TPSA) is 85.7 Å². The molecular formula is C24H29F3N4O3. The highest BCUT2D eigenvalue weighted by Gasteiger charge is 2.50. The predicted octanol–water partition coefficient (Wildman–Crippen LogP) is 3.08. The number of halogens is 3. The van der Waals surface area contributed by atoms with Gasteiger partial charge in [0.1, 0.15) is 12.6 Å². The Balaban J connectivity index is 1.47. The largest absolute Gasteiger partial charge is 0.417 e. The average molecular weight is 479 g/mol. The molecule has 2 heterocycles. The van der Waals surface area contributed by atoms with Crippen LogP contribution in [0.4, 0.5) is 18.9 Å². The van der Waals surface area contributed by atoms with Crippen LogP contribution in [0.1, 0.15) is 50.2 Å². The van der Waals surface area contributed by atoms with E-state index in [2.05, 4.69) is 5.32 Å². The molecule has 34 heavy (non-hydrogen) atoms. The molecule has 2 saturated heterocycles. The van der Waals surface area contributed by atoms with Crippen molar-refractivity contribution in [1.29, 1.82) is 5.26 Å². The molecule has 1 unspecified atom stereocenters. The van der Waals surface area contributed by atoms with Gasteiger partial charge in [0.15, 0.2) is 0 Å².